The van der Waals surface area contributed by atoms with E-state index in [1.54, 1.807) is 6.07 Å². The SMILES string of the molecule is NCc1ccc2c(c1)COC2=O. The lowest BCUT2D eigenvalue weighted by Crippen LogP contribution is -1.98. The molecule has 0 aromatic heterocycles. The smallest absolute Gasteiger partial charge is 0.338 e. The van der Waals surface area contributed by atoms with Crippen LogP contribution in [0.4, 0.5) is 0 Å². The van der Waals surface area contributed by atoms with Gasteiger partial charge in [-0.05, 0) is 11.6 Å². The summed E-state index contributed by atoms with van der Waals surface area (Å²) in [7, 11) is 0. The number of carbonyl (C=O) groups excluding carboxylic acids is 1. The Kier molecular flexibility index (Phi) is 1.59. The maximum atomic E-state index is 11.0. The summed E-state index contributed by atoms with van der Waals surface area (Å²) in [4.78, 5) is 11.0. The van der Waals surface area contributed by atoms with Crippen LogP contribution in [0.5, 0.6) is 0 Å². The Morgan fingerprint density at radius 3 is 3.08 bits per heavy atom. The zero-order valence-electron chi connectivity index (χ0n) is 6.54. The van der Waals surface area contributed by atoms with E-state index >= 15 is 0 Å². The normalized spacial score (nSPS) is 14.2. The molecule has 1 aromatic carbocycles. The van der Waals surface area contributed by atoms with Crippen molar-refractivity contribution < 1.29 is 9.53 Å². The number of esters is 1. The van der Waals surface area contributed by atoms with E-state index < -0.39 is 0 Å². The molecule has 1 aliphatic rings. The van der Waals surface area contributed by atoms with Crippen LogP contribution in [0.15, 0.2) is 18.2 Å². The van der Waals surface area contributed by atoms with E-state index in [2.05, 4.69) is 0 Å². The Balaban J connectivity index is 2.48. The Labute approximate surface area is 70.1 Å². The molecule has 1 aliphatic heterocycles. The van der Waals surface area contributed by atoms with Crippen molar-refractivity contribution in [3.63, 3.8) is 0 Å². The van der Waals surface area contributed by atoms with Crippen molar-refractivity contribution >= 4 is 5.97 Å². The van der Waals surface area contributed by atoms with Gasteiger partial charge in [-0.1, -0.05) is 12.1 Å². The number of benzene rings is 1. The Hall–Kier alpha value is -1.35. The van der Waals surface area contributed by atoms with Crippen molar-refractivity contribution in [3.05, 3.63) is 34.9 Å². The second kappa shape index (κ2) is 2.60. The van der Waals surface area contributed by atoms with Gasteiger partial charge in [-0.15, -0.1) is 0 Å². The number of fused-ring (bicyclic) bond motifs is 1. The van der Waals surface area contributed by atoms with Crippen molar-refractivity contribution in [2.45, 2.75) is 13.2 Å². The van der Waals surface area contributed by atoms with Gasteiger partial charge in [0.05, 0.1) is 5.56 Å². The molecule has 0 fully saturated rings. The van der Waals surface area contributed by atoms with Crippen molar-refractivity contribution in [3.8, 4) is 0 Å². The predicted molar refractivity (Wildman–Crippen MR) is 43.5 cm³/mol. The van der Waals surface area contributed by atoms with E-state index in [9.17, 15) is 4.79 Å². The first kappa shape index (κ1) is 7.31. The molecule has 1 aromatic rings. The summed E-state index contributed by atoms with van der Waals surface area (Å²) in [6.07, 6.45) is 0. The summed E-state index contributed by atoms with van der Waals surface area (Å²) in [5, 5.41) is 0. The summed E-state index contributed by atoms with van der Waals surface area (Å²) in [5.74, 6) is -0.228. The largest absolute Gasteiger partial charge is 0.457 e. The third-order valence-corrected chi connectivity index (χ3v) is 1.98. The minimum atomic E-state index is -0.228. The van der Waals surface area contributed by atoms with Gasteiger partial charge in [-0.3, -0.25) is 0 Å². The van der Waals surface area contributed by atoms with Crippen LogP contribution in [0.3, 0.4) is 0 Å². The topological polar surface area (TPSA) is 52.3 Å². The van der Waals surface area contributed by atoms with Gasteiger partial charge in [0.2, 0.25) is 0 Å². The molecule has 2 rings (SSSR count). The summed E-state index contributed by atoms with van der Waals surface area (Å²) in [5.41, 5.74) is 8.11. The van der Waals surface area contributed by atoms with Gasteiger partial charge < -0.3 is 10.5 Å². The third-order valence-electron chi connectivity index (χ3n) is 1.98. The van der Waals surface area contributed by atoms with Crippen LogP contribution in [-0.2, 0) is 17.9 Å². The van der Waals surface area contributed by atoms with Gasteiger partial charge in [0.1, 0.15) is 6.61 Å². The monoisotopic (exact) mass is 163 g/mol. The molecule has 3 nitrogen and oxygen atoms in total. The molecule has 12 heavy (non-hydrogen) atoms. The van der Waals surface area contributed by atoms with Gasteiger partial charge in [-0.25, -0.2) is 4.79 Å². The fourth-order valence-corrected chi connectivity index (χ4v) is 1.31. The van der Waals surface area contributed by atoms with E-state index in [0.29, 0.717) is 18.7 Å². The zero-order valence-corrected chi connectivity index (χ0v) is 6.54. The highest BCUT2D eigenvalue weighted by Gasteiger charge is 2.20. The van der Waals surface area contributed by atoms with E-state index in [-0.39, 0.29) is 5.97 Å². The first-order valence-corrected chi connectivity index (χ1v) is 3.80. The predicted octanol–water partition coefficient (Wildman–Crippen LogP) is 0.816. The maximum absolute atomic E-state index is 11.0. The van der Waals surface area contributed by atoms with Gasteiger partial charge >= 0.3 is 5.97 Å². The standard InChI is InChI=1S/C9H9NO2/c10-4-6-1-2-8-7(3-6)5-12-9(8)11/h1-3H,4-5,10H2. The fourth-order valence-electron chi connectivity index (χ4n) is 1.31. The van der Waals surface area contributed by atoms with Crippen molar-refractivity contribution in [2.24, 2.45) is 5.73 Å². The molecule has 2 N–H and O–H groups in total. The van der Waals surface area contributed by atoms with E-state index in [4.69, 9.17) is 10.5 Å². The number of cyclic esters (lactones) is 1. The van der Waals surface area contributed by atoms with Crippen LogP contribution in [0.2, 0.25) is 0 Å². The molecule has 0 saturated carbocycles. The number of hydrogen-bond acceptors (Lipinski definition) is 3. The highest BCUT2D eigenvalue weighted by atomic mass is 16.5. The molecular formula is C9H9NO2. The van der Waals surface area contributed by atoms with Gasteiger partial charge in [0.15, 0.2) is 0 Å². The van der Waals surface area contributed by atoms with Gasteiger partial charge in [0.25, 0.3) is 0 Å². The van der Waals surface area contributed by atoms with Crippen molar-refractivity contribution in [1.29, 1.82) is 0 Å². The molecule has 62 valence electrons. The highest BCUT2D eigenvalue weighted by Crippen LogP contribution is 2.20. The number of rotatable bonds is 1. The van der Waals surface area contributed by atoms with Crippen LogP contribution in [-0.4, -0.2) is 5.97 Å². The quantitative estimate of drug-likeness (QED) is 0.623. The third kappa shape index (κ3) is 0.987. The van der Waals surface area contributed by atoms with Gasteiger partial charge in [-0.2, -0.15) is 0 Å². The van der Waals surface area contributed by atoms with Crippen LogP contribution >= 0.6 is 0 Å². The molecule has 1 heterocycles. The average Bonchev–Trinajstić information content (AvgIpc) is 2.47. The molecule has 0 unspecified atom stereocenters. The number of nitrogens with two attached hydrogens (primary N) is 1. The Morgan fingerprint density at radius 1 is 1.50 bits per heavy atom. The van der Waals surface area contributed by atoms with E-state index in [1.165, 1.54) is 0 Å². The van der Waals surface area contributed by atoms with E-state index in [0.717, 1.165) is 11.1 Å². The molecule has 0 bridgehead atoms. The highest BCUT2D eigenvalue weighted by molar-refractivity contribution is 5.93. The fraction of sp³-hybridized carbons (Fsp3) is 0.222. The second-order valence-electron chi connectivity index (χ2n) is 2.77. The molecule has 3 heteroatoms. The average molecular weight is 163 g/mol. The lowest BCUT2D eigenvalue weighted by Gasteiger charge is -1.97. The first-order valence-electron chi connectivity index (χ1n) is 3.80. The van der Waals surface area contributed by atoms with Crippen LogP contribution in [0.25, 0.3) is 0 Å². The molecule has 0 spiro atoms. The summed E-state index contributed by atoms with van der Waals surface area (Å²) < 4.78 is 4.84. The molecule has 0 radical (unpaired) electrons. The number of carbonyl (C=O) groups is 1. The van der Waals surface area contributed by atoms with Crippen LogP contribution in [0, 0.1) is 0 Å². The summed E-state index contributed by atoms with van der Waals surface area (Å²) in [6.45, 7) is 0.892. The van der Waals surface area contributed by atoms with Crippen molar-refractivity contribution in [1.82, 2.24) is 0 Å². The summed E-state index contributed by atoms with van der Waals surface area (Å²) >= 11 is 0. The maximum Gasteiger partial charge on any atom is 0.338 e. The minimum Gasteiger partial charge on any atom is -0.457 e. The second-order valence-corrected chi connectivity index (χ2v) is 2.77. The molecular weight excluding hydrogens is 154 g/mol. The molecule has 0 saturated heterocycles. The van der Waals surface area contributed by atoms with Gasteiger partial charge in [0, 0.05) is 12.1 Å². The first-order chi connectivity index (χ1) is 5.81. The Morgan fingerprint density at radius 2 is 2.33 bits per heavy atom. The summed E-state index contributed by atoms with van der Waals surface area (Å²) in [6, 6.07) is 5.54. The zero-order chi connectivity index (χ0) is 8.55. The Bertz CT molecular complexity index is 333. The van der Waals surface area contributed by atoms with Crippen LogP contribution < -0.4 is 5.73 Å². The molecule has 0 atom stereocenters. The number of ether oxygens (including phenoxy) is 1. The van der Waals surface area contributed by atoms with Crippen LogP contribution in [0.1, 0.15) is 21.5 Å². The van der Waals surface area contributed by atoms with E-state index in [1.807, 2.05) is 12.1 Å². The number of hydrogen-bond donors (Lipinski definition) is 1. The molecule has 0 aliphatic carbocycles. The molecule has 0 amide bonds. The minimum absolute atomic E-state index is 0.228. The lowest BCUT2D eigenvalue weighted by molar-refractivity contribution is 0.0535. The lowest BCUT2D eigenvalue weighted by atomic mass is 10.1. The van der Waals surface area contributed by atoms with Crippen molar-refractivity contribution in [2.75, 3.05) is 0 Å².